The summed E-state index contributed by atoms with van der Waals surface area (Å²) in [6.45, 7) is 1.43. The number of aromatic nitrogens is 1. The van der Waals surface area contributed by atoms with Gasteiger partial charge in [-0.1, -0.05) is 5.16 Å². The largest absolute Gasteiger partial charge is 0.398 e. The Morgan fingerprint density at radius 1 is 1.47 bits per heavy atom. The number of nitrogens with zero attached hydrogens (tertiary/aromatic N) is 1. The van der Waals surface area contributed by atoms with Gasteiger partial charge in [0.2, 0.25) is 10.0 Å². The fraction of sp³-hybridized carbons (Fsp3) is 0.182. The quantitative estimate of drug-likeness (QED) is 0.822. The van der Waals surface area contributed by atoms with E-state index in [-0.39, 0.29) is 22.7 Å². The highest BCUT2D eigenvalue weighted by Crippen LogP contribution is 2.20. The maximum atomic E-state index is 13.5. The molecule has 0 aliphatic carbocycles. The van der Waals surface area contributed by atoms with Crippen LogP contribution in [-0.2, 0) is 16.6 Å². The summed E-state index contributed by atoms with van der Waals surface area (Å²) in [6.07, 6.45) is 1.33. The van der Waals surface area contributed by atoms with Gasteiger partial charge in [0.15, 0.2) is 0 Å². The molecule has 0 radical (unpaired) electrons. The summed E-state index contributed by atoms with van der Waals surface area (Å²) < 4.78 is 44.2. The van der Waals surface area contributed by atoms with Crippen molar-refractivity contribution >= 4 is 15.7 Å². The zero-order valence-electron chi connectivity index (χ0n) is 10.1. The molecule has 2 rings (SSSR count). The number of anilines is 1. The Bertz CT molecular complexity index is 660. The molecule has 19 heavy (non-hydrogen) atoms. The van der Waals surface area contributed by atoms with Crippen LogP contribution >= 0.6 is 0 Å². The van der Waals surface area contributed by atoms with Crippen molar-refractivity contribution < 1.29 is 17.3 Å². The third-order valence-corrected chi connectivity index (χ3v) is 3.98. The van der Waals surface area contributed by atoms with E-state index < -0.39 is 15.8 Å². The summed E-state index contributed by atoms with van der Waals surface area (Å²) in [4.78, 5) is -0.225. The molecular formula is C11H12FN3O3S. The summed E-state index contributed by atoms with van der Waals surface area (Å²) in [7, 11) is -3.85. The van der Waals surface area contributed by atoms with Crippen LogP contribution in [0.15, 0.2) is 33.9 Å². The Balaban J connectivity index is 2.24. The van der Waals surface area contributed by atoms with E-state index in [9.17, 15) is 12.8 Å². The molecule has 0 atom stereocenters. The van der Waals surface area contributed by atoms with Crippen LogP contribution in [0.1, 0.15) is 11.3 Å². The van der Waals surface area contributed by atoms with Gasteiger partial charge in [-0.25, -0.2) is 17.5 Å². The first-order chi connectivity index (χ1) is 8.90. The Morgan fingerprint density at radius 3 is 2.79 bits per heavy atom. The summed E-state index contributed by atoms with van der Waals surface area (Å²) in [5.74, 6) is -0.665. The lowest BCUT2D eigenvalue weighted by Crippen LogP contribution is -2.23. The second-order valence-electron chi connectivity index (χ2n) is 3.93. The average molecular weight is 285 g/mol. The molecule has 1 aromatic carbocycles. The molecule has 1 heterocycles. The molecule has 0 fully saturated rings. The van der Waals surface area contributed by atoms with Gasteiger partial charge in [-0.05, 0) is 19.1 Å². The molecule has 0 saturated heterocycles. The standard InChI is InChI=1S/C11H12FN3O3S/c1-7-10(12)4-9(5-11(7)13)19(16,17)14-6-8-2-3-18-15-8/h2-5,14H,6,13H2,1H3. The molecule has 0 spiro atoms. The third kappa shape index (κ3) is 2.91. The van der Waals surface area contributed by atoms with Crippen LogP contribution in [0.5, 0.6) is 0 Å². The van der Waals surface area contributed by atoms with Crippen LogP contribution in [0, 0.1) is 12.7 Å². The monoisotopic (exact) mass is 285 g/mol. The Labute approximate surface area is 109 Å². The number of hydrogen-bond donors (Lipinski definition) is 2. The highest BCUT2D eigenvalue weighted by molar-refractivity contribution is 7.89. The number of sulfonamides is 1. The SMILES string of the molecule is Cc1c(N)cc(S(=O)(=O)NCc2ccon2)cc1F. The van der Waals surface area contributed by atoms with Gasteiger partial charge in [-0.15, -0.1) is 0 Å². The van der Waals surface area contributed by atoms with E-state index in [1.165, 1.54) is 25.3 Å². The molecule has 0 aliphatic rings. The lowest BCUT2D eigenvalue weighted by Gasteiger charge is -2.08. The lowest BCUT2D eigenvalue weighted by molar-refractivity contribution is 0.411. The average Bonchev–Trinajstić information content (AvgIpc) is 2.86. The van der Waals surface area contributed by atoms with Crippen molar-refractivity contribution in [2.45, 2.75) is 18.4 Å². The van der Waals surface area contributed by atoms with Gasteiger partial charge in [0.05, 0.1) is 17.1 Å². The maximum absolute atomic E-state index is 13.5. The van der Waals surface area contributed by atoms with Gasteiger partial charge < -0.3 is 10.3 Å². The fourth-order valence-corrected chi connectivity index (χ4v) is 2.46. The van der Waals surface area contributed by atoms with E-state index in [0.717, 1.165) is 6.07 Å². The number of benzene rings is 1. The number of halogens is 1. The minimum atomic E-state index is -3.85. The van der Waals surface area contributed by atoms with E-state index in [2.05, 4.69) is 14.4 Å². The minimum absolute atomic E-state index is 0.0474. The molecule has 8 heteroatoms. The van der Waals surface area contributed by atoms with Crippen LogP contribution < -0.4 is 10.5 Å². The molecule has 2 aromatic rings. The summed E-state index contributed by atoms with van der Waals surface area (Å²) >= 11 is 0. The molecule has 6 nitrogen and oxygen atoms in total. The highest BCUT2D eigenvalue weighted by Gasteiger charge is 2.17. The van der Waals surface area contributed by atoms with Gasteiger partial charge in [0.25, 0.3) is 0 Å². The van der Waals surface area contributed by atoms with Crippen LogP contribution in [-0.4, -0.2) is 13.6 Å². The van der Waals surface area contributed by atoms with Crippen molar-refractivity contribution in [1.82, 2.24) is 9.88 Å². The van der Waals surface area contributed by atoms with Crippen molar-refractivity contribution in [3.05, 3.63) is 41.5 Å². The summed E-state index contributed by atoms with van der Waals surface area (Å²) in [6, 6.07) is 3.66. The first-order valence-electron chi connectivity index (χ1n) is 5.34. The second-order valence-corrected chi connectivity index (χ2v) is 5.70. The molecule has 102 valence electrons. The molecule has 0 unspecified atom stereocenters. The molecule has 0 bridgehead atoms. The number of rotatable bonds is 4. The van der Waals surface area contributed by atoms with Crippen LogP contribution in [0.25, 0.3) is 0 Å². The Hall–Kier alpha value is -1.93. The number of hydrogen-bond acceptors (Lipinski definition) is 5. The van der Waals surface area contributed by atoms with E-state index in [1.807, 2.05) is 0 Å². The number of nitrogens with two attached hydrogens (primary N) is 1. The molecule has 0 amide bonds. The zero-order valence-corrected chi connectivity index (χ0v) is 10.9. The Kier molecular flexibility index (Phi) is 3.54. The van der Waals surface area contributed by atoms with E-state index >= 15 is 0 Å². The van der Waals surface area contributed by atoms with Crippen molar-refractivity contribution in [2.75, 3.05) is 5.73 Å². The Morgan fingerprint density at radius 2 is 2.21 bits per heavy atom. The van der Waals surface area contributed by atoms with Crippen LogP contribution in [0.3, 0.4) is 0 Å². The highest BCUT2D eigenvalue weighted by atomic mass is 32.2. The van der Waals surface area contributed by atoms with Crippen molar-refractivity contribution in [2.24, 2.45) is 0 Å². The molecule has 3 N–H and O–H groups in total. The van der Waals surface area contributed by atoms with Crippen molar-refractivity contribution in [3.63, 3.8) is 0 Å². The number of nitrogen functional groups attached to an aromatic ring is 1. The minimum Gasteiger partial charge on any atom is -0.398 e. The van der Waals surface area contributed by atoms with Gasteiger partial charge in [-0.3, -0.25) is 0 Å². The lowest BCUT2D eigenvalue weighted by atomic mass is 10.2. The summed E-state index contributed by atoms with van der Waals surface area (Å²) in [5, 5.41) is 3.56. The van der Waals surface area contributed by atoms with Crippen molar-refractivity contribution in [3.8, 4) is 0 Å². The molecule has 0 saturated carbocycles. The van der Waals surface area contributed by atoms with Gasteiger partial charge in [0.1, 0.15) is 12.1 Å². The fourth-order valence-electron chi connectivity index (χ4n) is 1.41. The molecule has 1 aromatic heterocycles. The molecule has 0 aliphatic heterocycles. The maximum Gasteiger partial charge on any atom is 0.241 e. The zero-order chi connectivity index (χ0) is 14.0. The predicted molar refractivity (Wildman–Crippen MR) is 66.1 cm³/mol. The van der Waals surface area contributed by atoms with Crippen LogP contribution in [0.2, 0.25) is 0 Å². The summed E-state index contributed by atoms with van der Waals surface area (Å²) in [5.41, 5.74) is 6.27. The normalized spacial score (nSPS) is 11.7. The van der Waals surface area contributed by atoms with E-state index in [0.29, 0.717) is 5.69 Å². The smallest absolute Gasteiger partial charge is 0.241 e. The van der Waals surface area contributed by atoms with Crippen LogP contribution in [0.4, 0.5) is 10.1 Å². The topological polar surface area (TPSA) is 98.2 Å². The number of nitrogens with one attached hydrogen (secondary N) is 1. The van der Waals surface area contributed by atoms with Crippen molar-refractivity contribution in [1.29, 1.82) is 0 Å². The first kappa shape index (κ1) is 13.5. The third-order valence-electron chi connectivity index (χ3n) is 2.60. The molecular weight excluding hydrogens is 273 g/mol. The van der Waals surface area contributed by atoms with Gasteiger partial charge in [-0.2, -0.15) is 0 Å². The van der Waals surface area contributed by atoms with E-state index in [1.54, 1.807) is 0 Å². The second kappa shape index (κ2) is 4.98. The predicted octanol–water partition coefficient (Wildman–Crippen LogP) is 1.18. The van der Waals surface area contributed by atoms with E-state index in [4.69, 9.17) is 5.73 Å². The first-order valence-corrected chi connectivity index (χ1v) is 6.83. The van der Waals surface area contributed by atoms with Gasteiger partial charge in [0, 0.05) is 17.3 Å². The van der Waals surface area contributed by atoms with Gasteiger partial charge >= 0.3 is 0 Å².